The number of Topliss-reactive ketones (excluding diaryl/α,β-unsaturated/α-hetero) is 1. The predicted octanol–water partition coefficient (Wildman–Crippen LogP) is 1.49. The minimum atomic E-state index is -3.81. The Morgan fingerprint density at radius 2 is 1.89 bits per heavy atom. The molecule has 1 aliphatic carbocycles. The van der Waals surface area contributed by atoms with Gasteiger partial charge in [0.2, 0.25) is 17.6 Å². The number of hydrogen-bond acceptors (Lipinski definition) is 8. The first-order valence-electron chi connectivity index (χ1n) is 8.14. The second-order valence-electron chi connectivity index (χ2n) is 6.08. The highest BCUT2D eigenvalue weighted by Crippen LogP contribution is 2.32. The van der Waals surface area contributed by atoms with Gasteiger partial charge in [-0.25, -0.2) is 17.9 Å². The van der Waals surface area contributed by atoms with Gasteiger partial charge < -0.3 is 18.6 Å². The second kappa shape index (κ2) is 6.71. The third-order valence-corrected chi connectivity index (χ3v) is 5.37. The predicted molar refractivity (Wildman–Crippen MR) is 89.2 cm³/mol. The third kappa shape index (κ3) is 3.81. The van der Waals surface area contributed by atoms with Crippen LogP contribution in [0.5, 0.6) is 11.5 Å². The molecule has 9 nitrogen and oxygen atoms in total. The minimum absolute atomic E-state index is 0.0846. The van der Waals surface area contributed by atoms with Crippen molar-refractivity contribution in [3.05, 3.63) is 41.7 Å². The molecule has 0 atom stereocenters. The average molecular weight is 393 g/mol. The highest BCUT2D eigenvalue weighted by atomic mass is 32.2. The van der Waals surface area contributed by atoms with Gasteiger partial charge >= 0.3 is 5.97 Å². The zero-order chi connectivity index (χ0) is 19.0. The van der Waals surface area contributed by atoms with E-state index in [1.807, 2.05) is 0 Å². The molecule has 0 bridgehead atoms. The zero-order valence-corrected chi connectivity index (χ0v) is 14.8. The molecule has 10 heteroatoms. The van der Waals surface area contributed by atoms with Crippen molar-refractivity contribution in [2.75, 3.05) is 13.4 Å². The van der Waals surface area contributed by atoms with Crippen LogP contribution in [-0.4, -0.2) is 39.6 Å². The molecule has 1 aliphatic heterocycles. The molecule has 0 spiro atoms. The first-order chi connectivity index (χ1) is 12.9. The fourth-order valence-electron chi connectivity index (χ4n) is 2.41. The number of ether oxygens (including phenoxy) is 3. The monoisotopic (exact) mass is 393 g/mol. The fourth-order valence-corrected chi connectivity index (χ4v) is 3.65. The van der Waals surface area contributed by atoms with Crippen LogP contribution in [0.3, 0.4) is 0 Å². The van der Waals surface area contributed by atoms with Crippen molar-refractivity contribution in [2.45, 2.75) is 24.0 Å². The molecular weight excluding hydrogens is 378 g/mol. The molecule has 1 fully saturated rings. The summed E-state index contributed by atoms with van der Waals surface area (Å²) in [7, 11) is -3.81. The maximum absolute atomic E-state index is 12.2. The van der Waals surface area contributed by atoms with Crippen molar-refractivity contribution < 1.29 is 36.6 Å². The molecule has 27 heavy (non-hydrogen) atoms. The molecule has 2 aliphatic rings. The Bertz CT molecular complexity index is 1010. The van der Waals surface area contributed by atoms with E-state index in [2.05, 4.69) is 4.72 Å². The third-order valence-electron chi connectivity index (χ3n) is 3.98. The number of esters is 1. The lowest BCUT2D eigenvalue weighted by molar-refractivity contribution is 0.0438. The van der Waals surface area contributed by atoms with Crippen molar-refractivity contribution in [1.29, 1.82) is 0 Å². The fraction of sp³-hybridized carbons (Fsp3) is 0.294. The molecule has 0 saturated heterocycles. The number of benzene rings is 1. The van der Waals surface area contributed by atoms with Crippen LogP contribution >= 0.6 is 0 Å². The quantitative estimate of drug-likeness (QED) is 0.555. The smallest absolute Gasteiger partial charge is 0.374 e. The first kappa shape index (κ1) is 17.6. The Kier molecular flexibility index (Phi) is 4.36. The number of sulfonamides is 1. The summed E-state index contributed by atoms with van der Waals surface area (Å²) in [6, 6.07) is 6.89. The maximum atomic E-state index is 12.2. The van der Waals surface area contributed by atoms with E-state index >= 15 is 0 Å². The van der Waals surface area contributed by atoms with Crippen LogP contribution in [0.15, 0.2) is 39.8 Å². The highest BCUT2D eigenvalue weighted by molar-refractivity contribution is 7.89. The molecule has 2 heterocycles. The van der Waals surface area contributed by atoms with Crippen molar-refractivity contribution in [3.63, 3.8) is 0 Å². The molecule has 0 unspecified atom stereocenters. The van der Waals surface area contributed by atoms with E-state index in [1.165, 1.54) is 24.3 Å². The van der Waals surface area contributed by atoms with Crippen LogP contribution in [0.4, 0.5) is 0 Å². The van der Waals surface area contributed by atoms with Gasteiger partial charge in [0.1, 0.15) is 0 Å². The molecule has 1 aromatic heterocycles. The van der Waals surface area contributed by atoms with E-state index in [4.69, 9.17) is 18.6 Å². The lowest BCUT2D eigenvalue weighted by Crippen LogP contribution is -2.25. The van der Waals surface area contributed by atoms with E-state index < -0.39 is 28.4 Å². The van der Waals surface area contributed by atoms with Crippen LogP contribution in [0.1, 0.15) is 33.8 Å². The Labute approximate surface area is 154 Å². The summed E-state index contributed by atoms with van der Waals surface area (Å²) in [6.07, 6.45) is 1.55. The number of ketones is 1. The number of fused-ring (bicyclic) bond motifs is 1. The molecule has 4 rings (SSSR count). The number of hydrogen-bond donors (Lipinski definition) is 1. The van der Waals surface area contributed by atoms with Crippen LogP contribution < -0.4 is 14.2 Å². The van der Waals surface area contributed by atoms with Gasteiger partial charge in [-0.3, -0.25) is 4.79 Å². The average Bonchev–Trinajstić information content (AvgIpc) is 3.15. The van der Waals surface area contributed by atoms with Crippen LogP contribution in [-0.2, 0) is 14.8 Å². The van der Waals surface area contributed by atoms with Gasteiger partial charge in [-0.05, 0) is 43.2 Å². The highest BCUT2D eigenvalue weighted by Gasteiger charge is 2.30. The van der Waals surface area contributed by atoms with E-state index in [0.29, 0.717) is 17.1 Å². The van der Waals surface area contributed by atoms with Crippen LogP contribution in [0.2, 0.25) is 0 Å². The lowest BCUT2D eigenvalue weighted by atomic mass is 10.1. The molecule has 0 amide bonds. The van der Waals surface area contributed by atoms with Gasteiger partial charge in [-0.2, -0.15) is 0 Å². The molecule has 2 aromatic rings. The molecule has 1 aromatic carbocycles. The molecule has 142 valence electrons. The largest absolute Gasteiger partial charge is 0.454 e. The van der Waals surface area contributed by atoms with Gasteiger partial charge in [-0.1, -0.05) is 0 Å². The van der Waals surface area contributed by atoms with E-state index in [1.54, 1.807) is 6.07 Å². The summed E-state index contributed by atoms with van der Waals surface area (Å²) in [5.74, 6) is -0.707. The number of rotatable bonds is 7. The van der Waals surface area contributed by atoms with E-state index in [0.717, 1.165) is 12.8 Å². The van der Waals surface area contributed by atoms with Crippen molar-refractivity contribution in [2.24, 2.45) is 0 Å². The number of carbonyl (C=O) groups is 2. The summed E-state index contributed by atoms with van der Waals surface area (Å²) in [5, 5.41) is -0.372. The molecule has 1 saturated carbocycles. The summed E-state index contributed by atoms with van der Waals surface area (Å²) in [6.45, 7) is -0.442. The van der Waals surface area contributed by atoms with Crippen LogP contribution in [0.25, 0.3) is 0 Å². The summed E-state index contributed by atoms with van der Waals surface area (Å²) < 4.78 is 46.8. The topological polar surface area (TPSA) is 121 Å². The normalized spacial score (nSPS) is 15.6. The van der Waals surface area contributed by atoms with Gasteiger partial charge in [0, 0.05) is 11.6 Å². The van der Waals surface area contributed by atoms with Gasteiger partial charge in [0.15, 0.2) is 23.9 Å². The summed E-state index contributed by atoms with van der Waals surface area (Å²) in [4.78, 5) is 24.2. The zero-order valence-electron chi connectivity index (χ0n) is 14.0. The Morgan fingerprint density at radius 3 is 2.67 bits per heavy atom. The molecule has 0 radical (unpaired) electrons. The van der Waals surface area contributed by atoms with Gasteiger partial charge in [0.05, 0.1) is 0 Å². The minimum Gasteiger partial charge on any atom is -0.454 e. The summed E-state index contributed by atoms with van der Waals surface area (Å²) in [5.41, 5.74) is 0.295. The van der Waals surface area contributed by atoms with Crippen molar-refractivity contribution in [1.82, 2.24) is 4.72 Å². The first-order valence-corrected chi connectivity index (χ1v) is 9.63. The molecule has 1 N–H and O–H groups in total. The standard InChI is InChI=1S/C17H15NO8S/c19-12(10-1-4-13-15(7-10)25-9-24-13)8-23-17(20)14-5-6-16(26-14)27(21,22)18-11-2-3-11/h1,4-7,11,18H,2-3,8-9H2. The van der Waals surface area contributed by atoms with Gasteiger partial charge in [-0.15, -0.1) is 0 Å². The molecular formula is C17H15NO8S. The maximum Gasteiger partial charge on any atom is 0.374 e. The van der Waals surface area contributed by atoms with E-state index in [-0.39, 0.29) is 23.7 Å². The Hall–Kier alpha value is -2.85. The van der Waals surface area contributed by atoms with Crippen molar-refractivity contribution >= 4 is 21.8 Å². The van der Waals surface area contributed by atoms with E-state index in [9.17, 15) is 18.0 Å². The second-order valence-corrected chi connectivity index (χ2v) is 7.73. The SMILES string of the molecule is O=C(COC(=O)c1ccc(S(=O)(=O)NC2CC2)o1)c1ccc2c(c1)OCO2. The number of nitrogens with one attached hydrogen (secondary N) is 1. The summed E-state index contributed by atoms with van der Waals surface area (Å²) >= 11 is 0. The number of furan rings is 1. The van der Waals surface area contributed by atoms with Gasteiger partial charge in [0.25, 0.3) is 10.0 Å². The Morgan fingerprint density at radius 1 is 1.11 bits per heavy atom. The van der Waals surface area contributed by atoms with Crippen LogP contribution in [0, 0.1) is 0 Å². The Balaban J connectivity index is 1.37. The lowest BCUT2D eigenvalue weighted by Gasteiger charge is -2.04. The van der Waals surface area contributed by atoms with Crippen molar-refractivity contribution in [3.8, 4) is 11.5 Å². The number of carbonyl (C=O) groups excluding carboxylic acids is 2.